The molecule has 2 aromatic rings. The Morgan fingerprint density at radius 2 is 2.00 bits per heavy atom. The van der Waals surface area contributed by atoms with Gasteiger partial charge in [0.05, 0.1) is 12.6 Å². The summed E-state index contributed by atoms with van der Waals surface area (Å²) in [5.41, 5.74) is 0.804. The number of nitrogens with zero attached hydrogens (tertiary/aromatic N) is 1. The topological polar surface area (TPSA) is 54.7 Å². The molecule has 1 aromatic carbocycles. The summed E-state index contributed by atoms with van der Waals surface area (Å²) in [5, 5.41) is 2.80. The Morgan fingerprint density at radius 3 is 2.57 bits per heavy atom. The summed E-state index contributed by atoms with van der Waals surface area (Å²) in [7, 11) is 3.24. The highest BCUT2D eigenvalue weighted by Gasteiger charge is 2.15. The van der Waals surface area contributed by atoms with Gasteiger partial charge in [0.2, 0.25) is 0 Å². The van der Waals surface area contributed by atoms with Crippen LogP contribution in [-0.2, 0) is 11.3 Å². The molecule has 0 radical (unpaired) electrons. The van der Waals surface area contributed by atoms with Gasteiger partial charge in [0.25, 0.3) is 0 Å². The summed E-state index contributed by atoms with van der Waals surface area (Å²) in [5.74, 6) is 1.23. The van der Waals surface area contributed by atoms with Gasteiger partial charge in [-0.25, -0.2) is 9.18 Å². The summed E-state index contributed by atoms with van der Waals surface area (Å²) in [6.07, 6.45) is -0.334. The first-order valence-corrected chi connectivity index (χ1v) is 7.32. The molecule has 0 fully saturated rings. The van der Waals surface area contributed by atoms with E-state index < -0.39 is 0 Å². The van der Waals surface area contributed by atoms with E-state index in [1.54, 1.807) is 26.3 Å². The van der Waals surface area contributed by atoms with E-state index in [1.165, 1.54) is 17.0 Å². The van der Waals surface area contributed by atoms with Crippen molar-refractivity contribution in [1.82, 2.24) is 10.2 Å². The molecule has 1 atom stereocenters. The lowest BCUT2D eigenvalue weighted by Crippen LogP contribution is -2.39. The monoisotopic (exact) mass is 320 g/mol. The first-order chi connectivity index (χ1) is 11.0. The molecule has 124 valence electrons. The molecule has 0 aliphatic rings. The number of ether oxygens (including phenoxy) is 1. The lowest BCUT2D eigenvalue weighted by molar-refractivity contribution is 0.102. The third kappa shape index (κ3) is 4.82. The average Bonchev–Trinajstić information content (AvgIpc) is 2.94. The van der Waals surface area contributed by atoms with E-state index in [2.05, 4.69) is 5.32 Å². The Balaban J connectivity index is 1.87. The second kappa shape index (κ2) is 7.78. The number of nitrogens with one attached hydrogen (secondary N) is 1. The fourth-order valence-corrected chi connectivity index (χ4v) is 2.21. The van der Waals surface area contributed by atoms with Crippen molar-refractivity contribution in [2.75, 3.05) is 20.7 Å². The van der Waals surface area contributed by atoms with Crippen LogP contribution in [0, 0.1) is 12.7 Å². The third-order valence-electron chi connectivity index (χ3n) is 3.50. The minimum atomic E-state index is -0.334. The number of amides is 2. The number of hydrogen-bond donors (Lipinski definition) is 1. The second-order valence-electron chi connectivity index (χ2n) is 5.33. The fourth-order valence-electron chi connectivity index (χ4n) is 2.21. The molecule has 2 rings (SSSR count). The van der Waals surface area contributed by atoms with Crippen molar-refractivity contribution in [3.05, 3.63) is 59.3 Å². The second-order valence-corrected chi connectivity index (χ2v) is 5.33. The van der Waals surface area contributed by atoms with Crippen molar-refractivity contribution in [2.45, 2.75) is 19.6 Å². The van der Waals surface area contributed by atoms with Gasteiger partial charge in [-0.15, -0.1) is 0 Å². The van der Waals surface area contributed by atoms with Crippen molar-refractivity contribution in [3.8, 4) is 0 Å². The van der Waals surface area contributed by atoms with E-state index >= 15 is 0 Å². The quantitative estimate of drug-likeness (QED) is 0.889. The molecule has 0 saturated carbocycles. The van der Waals surface area contributed by atoms with Crippen molar-refractivity contribution in [1.29, 1.82) is 0 Å². The Bertz CT molecular complexity index is 640. The first-order valence-electron chi connectivity index (χ1n) is 7.32. The fraction of sp³-hybridized carbons (Fsp3) is 0.353. The Labute approximate surface area is 135 Å². The number of halogens is 1. The van der Waals surface area contributed by atoms with Crippen LogP contribution in [0.2, 0.25) is 0 Å². The number of carbonyl (C=O) groups is 1. The Kier molecular flexibility index (Phi) is 5.76. The van der Waals surface area contributed by atoms with Gasteiger partial charge in [-0.3, -0.25) is 0 Å². The maximum atomic E-state index is 13.0. The van der Waals surface area contributed by atoms with Gasteiger partial charge in [0.1, 0.15) is 17.3 Å². The molecule has 1 heterocycles. The first kappa shape index (κ1) is 17.0. The Hall–Kier alpha value is -2.34. The summed E-state index contributed by atoms with van der Waals surface area (Å²) in [6, 6.07) is 9.49. The molecule has 0 aliphatic heterocycles. The zero-order chi connectivity index (χ0) is 16.8. The van der Waals surface area contributed by atoms with Gasteiger partial charge >= 0.3 is 6.03 Å². The largest absolute Gasteiger partial charge is 0.464 e. The van der Waals surface area contributed by atoms with Gasteiger partial charge in [-0.1, -0.05) is 12.1 Å². The van der Waals surface area contributed by atoms with Crippen molar-refractivity contribution in [2.24, 2.45) is 0 Å². The van der Waals surface area contributed by atoms with E-state index in [0.717, 1.165) is 17.1 Å². The zero-order valence-corrected chi connectivity index (χ0v) is 13.5. The number of benzene rings is 1. The number of aryl methyl sites for hydroxylation is 1. The van der Waals surface area contributed by atoms with Gasteiger partial charge in [0.15, 0.2) is 0 Å². The number of urea groups is 1. The van der Waals surface area contributed by atoms with Crippen LogP contribution in [-0.4, -0.2) is 31.6 Å². The molecule has 0 unspecified atom stereocenters. The van der Waals surface area contributed by atoms with Crippen LogP contribution in [0.1, 0.15) is 23.2 Å². The van der Waals surface area contributed by atoms with Crippen LogP contribution in [0.25, 0.3) is 0 Å². The molecule has 0 spiro atoms. The Morgan fingerprint density at radius 1 is 1.30 bits per heavy atom. The summed E-state index contributed by atoms with van der Waals surface area (Å²) >= 11 is 0. The lowest BCUT2D eigenvalue weighted by Gasteiger charge is -2.20. The van der Waals surface area contributed by atoms with Crippen molar-refractivity contribution < 1.29 is 18.3 Å². The molecule has 23 heavy (non-hydrogen) atoms. The van der Waals surface area contributed by atoms with Crippen molar-refractivity contribution >= 4 is 6.03 Å². The molecule has 5 nitrogen and oxygen atoms in total. The van der Waals surface area contributed by atoms with Gasteiger partial charge in [-0.05, 0) is 36.8 Å². The SMILES string of the molecule is CO[C@@H](CNC(=O)N(C)Cc1ccc(C)o1)c1ccc(F)cc1. The minimum absolute atomic E-state index is 0.233. The number of methoxy groups -OCH3 is 1. The van der Waals surface area contributed by atoms with Gasteiger partial charge < -0.3 is 19.4 Å². The van der Waals surface area contributed by atoms with E-state index in [0.29, 0.717) is 13.1 Å². The van der Waals surface area contributed by atoms with Gasteiger partial charge in [0, 0.05) is 20.7 Å². The molecule has 0 aliphatic carbocycles. The number of carbonyl (C=O) groups excluding carboxylic acids is 1. The summed E-state index contributed by atoms with van der Waals surface area (Å²) in [4.78, 5) is 13.6. The average molecular weight is 320 g/mol. The zero-order valence-electron chi connectivity index (χ0n) is 13.5. The molecule has 1 aromatic heterocycles. The predicted octanol–water partition coefficient (Wildman–Crippen LogP) is 3.26. The number of hydrogen-bond acceptors (Lipinski definition) is 3. The normalized spacial score (nSPS) is 12.0. The standard InChI is InChI=1S/C17H21FN2O3/c1-12-4-9-15(23-12)11-20(2)17(21)19-10-16(22-3)13-5-7-14(18)8-6-13/h4-9,16H,10-11H2,1-3H3,(H,19,21)/t16-/m0/s1. The highest BCUT2D eigenvalue weighted by Crippen LogP contribution is 2.16. The van der Waals surface area contributed by atoms with Crippen LogP contribution in [0.4, 0.5) is 9.18 Å². The van der Waals surface area contributed by atoms with Crippen molar-refractivity contribution in [3.63, 3.8) is 0 Å². The molecule has 1 N–H and O–H groups in total. The van der Waals surface area contributed by atoms with Gasteiger partial charge in [-0.2, -0.15) is 0 Å². The van der Waals surface area contributed by atoms with Crippen LogP contribution < -0.4 is 5.32 Å². The minimum Gasteiger partial charge on any atom is -0.464 e. The summed E-state index contributed by atoms with van der Waals surface area (Å²) in [6.45, 7) is 2.53. The number of furan rings is 1. The van der Waals surface area contributed by atoms with E-state index in [4.69, 9.17) is 9.15 Å². The van der Waals surface area contributed by atoms with E-state index in [-0.39, 0.29) is 18.0 Å². The summed E-state index contributed by atoms with van der Waals surface area (Å²) < 4.78 is 23.8. The third-order valence-corrected chi connectivity index (χ3v) is 3.50. The molecule has 2 amide bonds. The smallest absolute Gasteiger partial charge is 0.317 e. The van der Waals surface area contributed by atoms with Crippen LogP contribution >= 0.6 is 0 Å². The molecule has 0 bridgehead atoms. The molecular weight excluding hydrogens is 299 g/mol. The predicted molar refractivity (Wildman–Crippen MR) is 84.5 cm³/mol. The maximum Gasteiger partial charge on any atom is 0.317 e. The van der Waals surface area contributed by atoms with Crippen LogP contribution in [0.15, 0.2) is 40.8 Å². The molecule has 0 saturated heterocycles. The highest BCUT2D eigenvalue weighted by molar-refractivity contribution is 5.73. The lowest BCUT2D eigenvalue weighted by atomic mass is 10.1. The molecular formula is C17H21FN2O3. The maximum absolute atomic E-state index is 13.0. The van der Waals surface area contributed by atoms with Crippen LogP contribution in [0.3, 0.4) is 0 Å². The van der Waals surface area contributed by atoms with E-state index in [1.807, 2.05) is 19.1 Å². The molecule has 6 heteroatoms. The number of rotatable bonds is 6. The van der Waals surface area contributed by atoms with E-state index in [9.17, 15) is 9.18 Å². The highest BCUT2D eigenvalue weighted by atomic mass is 19.1. The van der Waals surface area contributed by atoms with Crippen LogP contribution in [0.5, 0.6) is 0 Å².